The Kier molecular flexibility index (Phi) is 4.17. The molecule has 3 N–H and O–H groups in total. The van der Waals surface area contributed by atoms with Crippen LogP contribution < -0.4 is 5.73 Å². The van der Waals surface area contributed by atoms with Gasteiger partial charge >= 0.3 is 0 Å². The van der Waals surface area contributed by atoms with Gasteiger partial charge < -0.3 is 10.8 Å². The van der Waals surface area contributed by atoms with Crippen LogP contribution in [0, 0.1) is 0 Å². The summed E-state index contributed by atoms with van der Waals surface area (Å²) in [6.45, 7) is 0.600. The van der Waals surface area contributed by atoms with E-state index in [1.54, 1.807) is 18.2 Å². The molecule has 2 aromatic rings. The quantitative estimate of drug-likeness (QED) is 0.806. The number of hydrogen-bond acceptors (Lipinski definition) is 4. The minimum atomic E-state index is 0.200. The highest BCUT2D eigenvalue weighted by atomic mass is 35.5. The van der Waals surface area contributed by atoms with Gasteiger partial charge in [-0.3, -0.25) is 4.57 Å². The third-order valence-corrected chi connectivity index (χ3v) is 2.85. The van der Waals surface area contributed by atoms with Crippen molar-refractivity contribution in [2.75, 3.05) is 6.54 Å². The Morgan fingerprint density at radius 1 is 1.28 bits per heavy atom. The fourth-order valence-electron chi connectivity index (χ4n) is 1.79. The number of halogens is 1. The molecule has 0 spiro atoms. The monoisotopic (exact) mass is 266 g/mol. The van der Waals surface area contributed by atoms with Gasteiger partial charge in [0.1, 0.15) is 11.6 Å². The Balaban J connectivity index is 2.43. The van der Waals surface area contributed by atoms with Crippen molar-refractivity contribution in [2.24, 2.45) is 5.73 Å². The highest BCUT2D eigenvalue weighted by Gasteiger charge is 2.12. The van der Waals surface area contributed by atoms with Crippen LogP contribution in [0.1, 0.15) is 18.1 Å². The molecule has 0 radical (unpaired) electrons. The van der Waals surface area contributed by atoms with Crippen LogP contribution in [0.3, 0.4) is 0 Å². The van der Waals surface area contributed by atoms with E-state index in [1.807, 2.05) is 10.6 Å². The van der Waals surface area contributed by atoms with E-state index in [0.29, 0.717) is 12.4 Å². The van der Waals surface area contributed by atoms with Gasteiger partial charge in [0.15, 0.2) is 5.82 Å². The lowest BCUT2D eigenvalue weighted by Crippen LogP contribution is -2.07. The van der Waals surface area contributed by atoms with Crippen molar-refractivity contribution >= 4 is 11.6 Å². The van der Waals surface area contributed by atoms with Gasteiger partial charge in [-0.1, -0.05) is 6.07 Å². The summed E-state index contributed by atoms with van der Waals surface area (Å²) in [5, 5.41) is 17.7. The third-order valence-electron chi connectivity index (χ3n) is 2.61. The van der Waals surface area contributed by atoms with Crippen molar-refractivity contribution in [2.45, 2.75) is 18.7 Å². The smallest absolute Gasteiger partial charge is 0.152 e. The van der Waals surface area contributed by atoms with Crippen molar-refractivity contribution in [1.29, 1.82) is 0 Å². The maximum atomic E-state index is 9.54. The zero-order valence-electron chi connectivity index (χ0n) is 9.88. The number of rotatable bonds is 5. The standard InChI is InChI=1S/C12H15ClN4O/c13-8-12-16-15-11(5-2-6-14)17(12)9-3-1-4-10(18)7-9/h1,3-4,7,18H,2,5-6,8,14H2. The molecule has 0 saturated heterocycles. The highest BCUT2D eigenvalue weighted by Crippen LogP contribution is 2.19. The highest BCUT2D eigenvalue weighted by molar-refractivity contribution is 6.16. The van der Waals surface area contributed by atoms with Gasteiger partial charge in [-0.05, 0) is 25.1 Å². The van der Waals surface area contributed by atoms with Gasteiger partial charge in [0.05, 0.1) is 11.6 Å². The molecule has 5 nitrogen and oxygen atoms in total. The van der Waals surface area contributed by atoms with Crippen molar-refractivity contribution in [1.82, 2.24) is 14.8 Å². The fraction of sp³-hybridized carbons (Fsp3) is 0.333. The first-order chi connectivity index (χ1) is 8.76. The first-order valence-corrected chi connectivity index (χ1v) is 6.28. The van der Waals surface area contributed by atoms with E-state index in [0.717, 1.165) is 24.4 Å². The van der Waals surface area contributed by atoms with Gasteiger partial charge in [-0.15, -0.1) is 21.8 Å². The predicted molar refractivity (Wildman–Crippen MR) is 70.0 cm³/mol. The lowest BCUT2D eigenvalue weighted by atomic mass is 10.2. The van der Waals surface area contributed by atoms with E-state index in [4.69, 9.17) is 17.3 Å². The van der Waals surface area contributed by atoms with Gasteiger partial charge in [0, 0.05) is 12.5 Å². The Morgan fingerprint density at radius 2 is 2.06 bits per heavy atom. The van der Waals surface area contributed by atoms with E-state index in [2.05, 4.69) is 10.2 Å². The summed E-state index contributed by atoms with van der Waals surface area (Å²) in [7, 11) is 0. The van der Waals surface area contributed by atoms with Gasteiger partial charge in [-0.25, -0.2) is 0 Å². The molecule has 0 aliphatic rings. The fourth-order valence-corrected chi connectivity index (χ4v) is 1.97. The molecule has 0 aliphatic heterocycles. The number of nitrogens with zero attached hydrogens (tertiary/aromatic N) is 3. The molecule has 6 heteroatoms. The van der Waals surface area contributed by atoms with Crippen molar-refractivity contribution < 1.29 is 5.11 Å². The van der Waals surface area contributed by atoms with Gasteiger partial charge in [-0.2, -0.15) is 0 Å². The summed E-state index contributed by atoms with van der Waals surface area (Å²) >= 11 is 5.86. The number of aromatic hydroxyl groups is 1. The first kappa shape index (κ1) is 12.9. The van der Waals surface area contributed by atoms with E-state index >= 15 is 0 Å². The van der Waals surface area contributed by atoms with Crippen molar-refractivity contribution in [3.05, 3.63) is 35.9 Å². The molecule has 0 saturated carbocycles. The second kappa shape index (κ2) is 5.84. The second-order valence-corrected chi connectivity index (χ2v) is 4.18. The van der Waals surface area contributed by atoms with Crippen LogP contribution in [0.15, 0.2) is 24.3 Å². The summed E-state index contributed by atoms with van der Waals surface area (Å²) in [6.07, 6.45) is 1.56. The Bertz CT molecular complexity index is 527. The topological polar surface area (TPSA) is 77.0 Å². The van der Waals surface area contributed by atoms with Crippen molar-refractivity contribution in [3.8, 4) is 11.4 Å². The van der Waals surface area contributed by atoms with E-state index < -0.39 is 0 Å². The molecule has 18 heavy (non-hydrogen) atoms. The number of phenolic OH excluding ortho intramolecular Hbond substituents is 1. The number of phenols is 1. The zero-order chi connectivity index (χ0) is 13.0. The molecule has 0 bridgehead atoms. The SMILES string of the molecule is NCCCc1nnc(CCl)n1-c1cccc(O)c1. The first-order valence-electron chi connectivity index (χ1n) is 5.75. The maximum Gasteiger partial charge on any atom is 0.152 e. The molecule has 0 fully saturated rings. The van der Waals surface area contributed by atoms with Crippen LogP contribution >= 0.6 is 11.6 Å². The van der Waals surface area contributed by atoms with Crippen molar-refractivity contribution in [3.63, 3.8) is 0 Å². The van der Waals surface area contributed by atoms with Gasteiger partial charge in [0.25, 0.3) is 0 Å². The van der Waals surface area contributed by atoms with Crippen LogP contribution in [0.25, 0.3) is 5.69 Å². The lowest BCUT2D eigenvalue weighted by Gasteiger charge is -2.09. The Labute approximate surface area is 110 Å². The lowest BCUT2D eigenvalue weighted by molar-refractivity contribution is 0.475. The molecule has 0 unspecified atom stereocenters. The summed E-state index contributed by atoms with van der Waals surface area (Å²) < 4.78 is 1.86. The number of alkyl halides is 1. The van der Waals surface area contributed by atoms with Crippen LogP contribution in [-0.2, 0) is 12.3 Å². The molecule has 0 atom stereocenters. The third kappa shape index (κ3) is 2.63. The number of hydrogen-bond donors (Lipinski definition) is 2. The zero-order valence-corrected chi connectivity index (χ0v) is 10.6. The molecule has 1 heterocycles. The largest absolute Gasteiger partial charge is 0.508 e. The summed E-state index contributed by atoms with van der Waals surface area (Å²) in [4.78, 5) is 0. The van der Waals surface area contributed by atoms with E-state index in [-0.39, 0.29) is 11.6 Å². The number of aryl methyl sites for hydroxylation is 1. The van der Waals surface area contributed by atoms with Crippen LogP contribution in [-0.4, -0.2) is 26.4 Å². The normalized spacial score (nSPS) is 10.8. The molecule has 0 amide bonds. The predicted octanol–water partition coefficient (Wildman–Crippen LogP) is 1.60. The van der Waals surface area contributed by atoms with Gasteiger partial charge in [0.2, 0.25) is 0 Å². The molecule has 1 aromatic heterocycles. The summed E-state index contributed by atoms with van der Waals surface area (Å²) in [5.41, 5.74) is 6.31. The van der Waals surface area contributed by atoms with E-state index in [9.17, 15) is 5.11 Å². The van der Waals surface area contributed by atoms with E-state index in [1.165, 1.54) is 0 Å². The molecule has 0 aliphatic carbocycles. The minimum absolute atomic E-state index is 0.200. The number of aromatic nitrogens is 3. The number of nitrogens with two attached hydrogens (primary N) is 1. The average molecular weight is 267 g/mol. The summed E-state index contributed by atoms with van der Waals surface area (Å²) in [5.74, 6) is 1.94. The second-order valence-electron chi connectivity index (χ2n) is 3.91. The summed E-state index contributed by atoms with van der Waals surface area (Å²) in [6, 6.07) is 6.93. The molecule has 96 valence electrons. The van der Waals surface area contributed by atoms with Crippen LogP contribution in [0.2, 0.25) is 0 Å². The molecule has 2 rings (SSSR count). The minimum Gasteiger partial charge on any atom is -0.508 e. The Morgan fingerprint density at radius 3 is 2.72 bits per heavy atom. The number of benzene rings is 1. The maximum absolute atomic E-state index is 9.54. The average Bonchev–Trinajstić information content (AvgIpc) is 2.79. The molecular weight excluding hydrogens is 252 g/mol. The molecular formula is C12H15ClN4O. The van der Waals surface area contributed by atoms with Crippen LogP contribution in [0.5, 0.6) is 5.75 Å². The Hall–Kier alpha value is -1.59. The molecule has 1 aromatic carbocycles. The van der Waals surface area contributed by atoms with Crippen LogP contribution in [0.4, 0.5) is 0 Å².